The molecule has 0 aliphatic carbocycles. The van der Waals surface area contributed by atoms with Gasteiger partial charge in [0.25, 0.3) is 6.36 Å². The van der Waals surface area contributed by atoms with Crippen LogP contribution in [0.1, 0.15) is 0 Å². The predicted molar refractivity (Wildman–Crippen MR) is 35.8 cm³/mol. The van der Waals surface area contributed by atoms with Gasteiger partial charge in [-0.15, -0.1) is 0 Å². The van der Waals surface area contributed by atoms with E-state index in [4.69, 9.17) is 0 Å². The van der Waals surface area contributed by atoms with Crippen LogP contribution in [0, 0.1) is 0 Å². The molecule has 1 aliphatic heterocycles. The molecule has 114 valence electrons. The summed E-state index contributed by atoms with van der Waals surface area (Å²) in [6, 6.07) is 0. The first-order valence-electron chi connectivity index (χ1n) is 3.87. The fraction of sp³-hybridized carbons (Fsp3) is 1.00. The lowest BCUT2D eigenvalue weighted by Crippen LogP contribution is -2.65. The second kappa shape index (κ2) is 3.88. The first kappa shape index (κ1) is 16.3. The lowest BCUT2D eigenvalue weighted by molar-refractivity contribution is -0.458. The minimum atomic E-state index is -6.95. The van der Waals surface area contributed by atoms with Crippen LogP contribution in [0.2, 0.25) is 0 Å². The van der Waals surface area contributed by atoms with Gasteiger partial charge in [-0.1, -0.05) is 0 Å². The molecule has 0 bridgehead atoms. The van der Waals surface area contributed by atoms with Crippen LogP contribution in [0.25, 0.3) is 0 Å². The van der Waals surface area contributed by atoms with Crippen molar-refractivity contribution in [2.45, 2.75) is 29.8 Å². The first-order valence-corrected chi connectivity index (χ1v) is 5.28. The van der Waals surface area contributed by atoms with Crippen molar-refractivity contribution < 1.29 is 56.9 Å². The van der Waals surface area contributed by atoms with E-state index in [-0.39, 0.29) is 0 Å². The number of hydrogen-bond acceptors (Lipinski definition) is 4. The Hall–Kier alpha value is -0.760. The highest BCUT2D eigenvalue weighted by molar-refractivity contribution is 7.89. The molecular weight excluding hydrogens is 327 g/mol. The molecule has 0 N–H and O–H groups in total. The van der Waals surface area contributed by atoms with Gasteiger partial charge in [0.15, 0.2) is 0 Å². The summed E-state index contributed by atoms with van der Waals surface area (Å²) in [6.07, 6.45) is -17.4. The van der Waals surface area contributed by atoms with Gasteiger partial charge in [0.2, 0.25) is 0 Å². The van der Waals surface area contributed by atoms with Gasteiger partial charge in [-0.3, -0.25) is 4.74 Å². The predicted octanol–water partition coefficient (Wildman–Crippen LogP) is 2.07. The van der Waals surface area contributed by atoms with E-state index in [2.05, 4.69) is 8.92 Å². The molecular formula is C5HF9O4S. The number of alkyl halides is 9. The summed E-state index contributed by atoms with van der Waals surface area (Å²) in [5.41, 5.74) is 0. The maximum absolute atomic E-state index is 13.0. The maximum Gasteiger partial charge on any atom is 0.462 e. The fourth-order valence-corrected chi connectivity index (χ4v) is 1.62. The summed E-state index contributed by atoms with van der Waals surface area (Å²) in [7, 11) is -5.85. The molecule has 0 amide bonds. The largest absolute Gasteiger partial charge is 0.462 e. The van der Waals surface area contributed by atoms with Crippen LogP contribution in [0.5, 0.6) is 0 Å². The summed E-state index contributed by atoms with van der Waals surface area (Å²) >= 11 is 0. The Balaban J connectivity index is 3.11. The third-order valence-corrected chi connectivity index (χ3v) is 3.18. The van der Waals surface area contributed by atoms with E-state index in [0.717, 1.165) is 0 Å². The molecule has 19 heavy (non-hydrogen) atoms. The number of rotatable bonds is 3. The van der Waals surface area contributed by atoms with Crippen LogP contribution in [0.15, 0.2) is 0 Å². The third kappa shape index (κ3) is 2.14. The standard InChI is InChI=1S/C5HF9O4S/c6-1-2(7,19(15,16)17-1)18-5(13,14)3(8,9)4(10,11)12/h1H. The van der Waals surface area contributed by atoms with Gasteiger partial charge >= 0.3 is 33.5 Å². The molecule has 0 saturated carbocycles. The second-order valence-electron chi connectivity index (χ2n) is 3.14. The zero-order valence-corrected chi connectivity index (χ0v) is 8.84. The zero-order chi connectivity index (χ0) is 15.5. The third-order valence-electron chi connectivity index (χ3n) is 1.81. The van der Waals surface area contributed by atoms with Gasteiger partial charge in [0.05, 0.1) is 0 Å². The van der Waals surface area contributed by atoms with Gasteiger partial charge in [0, 0.05) is 0 Å². The Bertz CT molecular complexity index is 469. The van der Waals surface area contributed by atoms with Crippen molar-refractivity contribution in [3.05, 3.63) is 0 Å². The highest BCUT2D eigenvalue weighted by Gasteiger charge is 2.80. The van der Waals surface area contributed by atoms with E-state index in [1.54, 1.807) is 0 Å². The summed E-state index contributed by atoms with van der Waals surface area (Å²) in [6.45, 7) is 0. The molecule has 14 heteroatoms. The molecule has 0 radical (unpaired) electrons. The number of ether oxygens (including phenoxy) is 1. The Labute approximate surface area is 97.7 Å². The Morgan fingerprint density at radius 2 is 1.47 bits per heavy atom. The zero-order valence-electron chi connectivity index (χ0n) is 8.02. The molecule has 1 aliphatic rings. The summed E-state index contributed by atoms with van der Waals surface area (Å²) in [4.78, 5) is 0. The molecule has 4 nitrogen and oxygen atoms in total. The van der Waals surface area contributed by atoms with Crippen molar-refractivity contribution >= 4 is 10.1 Å². The maximum atomic E-state index is 13.0. The minimum absolute atomic E-state index is 2.22. The number of hydrogen-bond donors (Lipinski definition) is 0. The molecule has 0 aromatic carbocycles. The minimum Gasteiger partial charge on any atom is -0.258 e. The first-order chi connectivity index (χ1) is 8.08. The van der Waals surface area contributed by atoms with Crippen molar-refractivity contribution in [1.29, 1.82) is 0 Å². The van der Waals surface area contributed by atoms with E-state index in [9.17, 15) is 47.9 Å². The van der Waals surface area contributed by atoms with Crippen molar-refractivity contribution in [3.8, 4) is 0 Å². The van der Waals surface area contributed by atoms with Crippen LogP contribution in [-0.2, 0) is 19.0 Å². The average molecular weight is 328 g/mol. The monoisotopic (exact) mass is 328 g/mol. The molecule has 1 saturated heterocycles. The molecule has 0 spiro atoms. The van der Waals surface area contributed by atoms with Crippen LogP contribution in [0.3, 0.4) is 0 Å². The Morgan fingerprint density at radius 1 is 1.05 bits per heavy atom. The molecule has 2 unspecified atom stereocenters. The molecule has 1 rings (SSSR count). The summed E-state index contributed by atoms with van der Waals surface area (Å²) < 4.78 is 136. The topological polar surface area (TPSA) is 52.6 Å². The van der Waals surface area contributed by atoms with E-state index in [1.165, 1.54) is 0 Å². The molecule has 0 aromatic heterocycles. The molecule has 1 heterocycles. The smallest absolute Gasteiger partial charge is 0.258 e. The average Bonchev–Trinajstić information content (AvgIpc) is 2.14. The molecule has 2 atom stereocenters. The summed E-state index contributed by atoms with van der Waals surface area (Å²) in [5.74, 6) is -6.95. The number of halogens is 9. The Morgan fingerprint density at radius 3 is 1.74 bits per heavy atom. The van der Waals surface area contributed by atoms with Gasteiger partial charge in [-0.05, 0) is 0 Å². The fourth-order valence-electron chi connectivity index (χ4n) is 0.806. The van der Waals surface area contributed by atoms with Gasteiger partial charge in [-0.25, -0.2) is 8.57 Å². The van der Waals surface area contributed by atoms with Crippen molar-refractivity contribution in [1.82, 2.24) is 0 Å². The van der Waals surface area contributed by atoms with Crippen LogP contribution in [-0.4, -0.2) is 38.2 Å². The summed E-state index contributed by atoms with van der Waals surface area (Å²) in [5, 5.41) is -5.16. The van der Waals surface area contributed by atoms with Crippen molar-refractivity contribution in [3.63, 3.8) is 0 Å². The quantitative estimate of drug-likeness (QED) is 0.588. The highest BCUT2D eigenvalue weighted by atomic mass is 32.2. The van der Waals surface area contributed by atoms with Crippen LogP contribution >= 0.6 is 0 Å². The lowest BCUT2D eigenvalue weighted by Gasteiger charge is -2.38. The Kier molecular flexibility index (Phi) is 3.33. The van der Waals surface area contributed by atoms with E-state index < -0.39 is 39.9 Å². The van der Waals surface area contributed by atoms with Crippen molar-refractivity contribution in [2.75, 3.05) is 0 Å². The van der Waals surface area contributed by atoms with Gasteiger partial charge < -0.3 is 0 Å². The van der Waals surface area contributed by atoms with Crippen LogP contribution in [0.4, 0.5) is 39.5 Å². The molecule has 0 aromatic rings. The molecule has 1 fully saturated rings. The van der Waals surface area contributed by atoms with Gasteiger partial charge in [0.1, 0.15) is 0 Å². The van der Waals surface area contributed by atoms with E-state index >= 15 is 0 Å². The normalized spacial score (nSPS) is 31.9. The SMILES string of the molecule is O=S1(=O)OC(F)C1(F)OC(F)(F)C(F)(F)C(F)(F)F. The second-order valence-corrected chi connectivity index (χ2v) is 4.80. The van der Waals surface area contributed by atoms with Gasteiger partial charge in [-0.2, -0.15) is 43.5 Å². The lowest BCUT2D eigenvalue weighted by atomic mass is 10.3. The van der Waals surface area contributed by atoms with E-state index in [0.29, 0.717) is 0 Å². The van der Waals surface area contributed by atoms with E-state index in [1.807, 2.05) is 0 Å². The van der Waals surface area contributed by atoms with Crippen LogP contribution < -0.4 is 0 Å². The van der Waals surface area contributed by atoms with Crippen molar-refractivity contribution in [2.24, 2.45) is 0 Å². The highest BCUT2D eigenvalue weighted by Crippen LogP contribution is 2.52.